The Morgan fingerprint density at radius 1 is 1.22 bits per heavy atom. The molecule has 1 unspecified atom stereocenters. The van der Waals surface area contributed by atoms with Crippen LogP contribution in [0.4, 0.5) is 19.0 Å². The van der Waals surface area contributed by atoms with Crippen molar-refractivity contribution < 1.29 is 17.9 Å². The second kappa shape index (κ2) is 5.33. The Morgan fingerprint density at radius 2 is 2.04 bits per heavy atom. The zero-order valence-corrected chi connectivity index (χ0v) is 12.3. The van der Waals surface area contributed by atoms with Gasteiger partial charge >= 0.3 is 6.18 Å². The van der Waals surface area contributed by atoms with Crippen molar-refractivity contribution in [3.8, 4) is 0 Å². The van der Waals surface area contributed by atoms with Gasteiger partial charge < -0.3 is 14.2 Å². The lowest BCUT2D eigenvalue weighted by Crippen LogP contribution is -2.53. The highest BCUT2D eigenvalue weighted by molar-refractivity contribution is 5.83. The van der Waals surface area contributed by atoms with Crippen LogP contribution in [0.15, 0.2) is 12.7 Å². The molecular weight excluding hydrogens is 311 g/mol. The third-order valence-corrected chi connectivity index (χ3v) is 4.45. The summed E-state index contributed by atoms with van der Waals surface area (Å²) in [6.07, 6.45) is 1.07. The zero-order valence-electron chi connectivity index (χ0n) is 12.3. The van der Waals surface area contributed by atoms with Gasteiger partial charge in [0.15, 0.2) is 17.0 Å². The van der Waals surface area contributed by atoms with Gasteiger partial charge in [-0.2, -0.15) is 13.2 Å². The molecule has 124 valence electrons. The quantitative estimate of drug-likeness (QED) is 0.863. The highest BCUT2D eigenvalue weighted by Gasteiger charge is 2.48. The standard InChI is InChI=1S/C14H16F3N5O/c15-14(16,17)9-4-21(5-9)12-11-13(19-7-18-12)22(8-20-11)6-10-2-1-3-23-10/h7-10H,1-6H2. The van der Waals surface area contributed by atoms with Crippen LogP contribution in [0.3, 0.4) is 0 Å². The Kier molecular flexibility index (Phi) is 3.40. The molecule has 2 aromatic heterocycles. The molecule has 2 aromatic rings. The molecule has 23 heavy (non-hydrogen) atoms. The third kappa shape index (κ3) is 2.62. The minimum Gasteiger partial charge on any atom is -0.376 e. The number of hydrogen-bond acceptors (Lipinski definition) is 5. The van der Waals surface area contributed by atoms with Gasteiger partial charge in [0.1, 0.15) is 6.33 Å². The van der Waals surface area contributed by atoms with E-state index in [1.54, 1.807) is 11.2 Å². The number of nitrogens with zero attached hydrogens (tertiary/aromatic N) is 5. The van der Waals surface area contributed by atoms with Crippen molar-refractivity contribution in [2.75, 3.05) is 24.6 Å². The lowest BCUT2D eigenvalue weighted by molar-refractivity contribution is -0.180. The van der Waals surface area contributed by atoms with E-state index in [4.69, 9.17) is 4.74 Å². The smallest absolute Gasteiger partial charge is 0.376 e. The van der Waals surface area contributed by atoms with Crippen molar-refractivity contribution >= 4 is 17.0 Å². The Balaban J connectivity index is 1.56. The van der Waals surface area contributed by atoms with Crippen LogP contribution in [0.25, 0.3) is 11.2 Å². The van der Waals surface area contributed by atoms with Gasteiger partial charge in [-0.3, -0.25) is 0 Å². The lowest BCUT2D eigenvalue weighted by atomic mass is 10.00. The second-order valence-corrected chi connectivity index (χ2v) is 6.04. The molecule has 0 aliphatic carbocycles. The van der Waals surface area contributed by atoms with Crippen LogP contribution in [-0.4, -0.2) is 51.5 Å². The number of alkyl halides is 3. The van der Waals surface area contributed by atoms with Gasteiger partial charge in [0.25, 0.3) is 0 Å². The molecule has 0 amide bonds. The topological polar surface area (TPSA) is 56.1 Å². The molecule has 0 N–H and O–H groups in total. The maximum absolute atomic E-state index is 12.6. The van der Waals surface area contributed by atoms with Crippen molar-refractivity contribution in [2.24, 2.45) is 5.92 Å². The van der Waals surface area contributed by atoms with Gasteiger partial charge in [0, 0.05) is 19.7 Å². The molecule has 0 saturated carbocycles. The van der Waals surface area contributed by atoms with Crippen molar-refractivity contribution in [3.05, 3.63) is 12.7 Å². The summed E-state index contributed by atoms with van der Waals surface area (Å²) in [6.45, 7) is 1.27. The molecule has 6 nitrogen and oxygen atoms in total. The minimum atomic E-state index is -4.15. The number of fused-ring (bicyclic) bond motifs is 1. The molecule has 2 saturated heterocycles. The monoisotopic (exact) mass is 327 g/mol. The highest BCUT2D eigenvalue weighted by Crippen LogP contribution is 2.37. The number of halogens is 3. The van der Waals surface area contributed by atoms with Crippen LogP contribution in [0.2, 0.25) is 0 Å². The van der Waals surface area contributed by atoms with Crippen molar-refractivity contribution in [3.63, 3.8) is 0 Å². The third-order valence-electron chi connectivity index (χ3n) is 4.45. The number of hydrogen-bond donors (Lipinski definition) is 0. The lowest BCUT2D eigenvalue weighted by Gasteiger charge is -2.40. The summed E-state index contributed by atoms with van der Waals surface area (Å²) < 4.78 is 45.4. The first-order valence-electron chi connectivity index (χ1n) is 7.61. The molecule has 2 aliphatic heterocycles. The highest BCUT2D eigenvalue weighted by atomic mass is 19.4. The summed E-state index contributed by atoms with van der Waals surface area (Å²) in [4.78, 5) is 14.3. The van der Waals surface area contributed by atoms with Crippen LogP contribution in [0, 0.1) is 5.92 Å². The first-order chi connectivity index (χ1) is 11.0. The molecule has 0 spiro atoms. The van der Waals surface area contributed by atoms with E-state index in [-0.39, 0.29) is 19.2 Å². The van der Waals surface area contributed by atoms with Crippen LogP contribution >= 0.6 is 0 Å². The molecule has 2 aliphatic rings. The molecule has 0 bridgehead atoms. The predicted octanol–water partition coefficient (Wildman–Crippen LogP) is 2.00. The largest absolute Gasteiger partial charge is 0.395 e. The molecular formula is C14H16F3N5O. The fourth-order valence-corrected chi connectivity index (χ4v) is 3.10. The number of imidazole rings is 1. The Bertz CT molecular complexity index is 704. The molecule has 4 heterocycles. The van der Waals surface area contributed by atoms with E-state index in [1.165, 1.54) is 6.33 Å². The van der Waals surface area contributed by atoms with E-state index in [0.717, 1.165) is 19.4 Å². The molecule has 0 aromatic carbocycles. The van der Waals surface area contributed by atoms with Gasteiger partial charge in [-0.1, -0.05) is 0 Å². The van der Waals surface area contributed by atoms with Gasteiger partial charge in [0.2, 0.25) is 0 Å². The van der Waals surface area contributed by atoms with Crippen LogP contribution in [0.1, 0.15) is 12.8 Å². The van der Waals surface area contributed by atoms with Gasteiger partial charge in [-0.05, 0) is 12.8 Å². The van der Waals surface area contributed by atoms with E-state index >= 15 is 0 Å². The van der Waals surface area contributed by atoms with Crippen molar-refractivity contribution in [1.82, 2.24) is 19.5 Å². The van der Waals surface area contributed by atoms with Crippen molar-refractivity contribution in [1.29, 1.82) is 0 Å². The van der Waals surface area contributed by atoms with Gasteiger partial charge in [0.05, 0.1) is 24.9 Å². The van der Waals surface area contributed by atoms with E-state index < -0.39 is 12.1 Å². The molecule has 1 atom stereocenters. The average Bonchev–Trinajstić information content (AvgIpc) is 3.07. The Labute approximate surface area is 130 Å². The molecule has 4 rings (SSSR count). The molecule has 2 fully saturated rings. The Morgan fingerprint density at radius 3 is 2.74 bits per heavy atom. The van der Waals surface area contributed by atoms with E-state index in [2.05, 4.69) is 15.0 Å². The number of anilines is 1. The normalized spacial score (nSPS) is 22.7. The maximum atomic E-state index is 12.6. The second-order valence-electron chi connectivity index (χ2n) is 6.04. The summed E-state index contributed by atoms with van der Waals surface area (Å²) in [5, 5.41) is 0. The summed E-state index contributed by atoms with van der Waals surface area (Å²) in [5.74, 6) is -0.817. The van der Waals surface area contributed by atoms with Crippen LogP contribution in [-0.2, 0) is 11.3 Å². The van der Waals surface area contributed by atoms with Crippen molar-refractivity contribution in [2.45, 2.75) is 31.7 Å². The summed E-state index contributed by atoms with van der Waals surface area (Å²) >= 11 is 0. The average molecular weight is 327 g/mol. The van der Waals surface area contributed by atoms with Crippen LogP contribution in [0.5, 0.6) is 0 Å². The first kappa shape index (κ1) is 14.7. The minimum absolute atomic E-state index is 0.0752. The molecule has 0 radical (unpaired) electrons. The summed E-state index contributed by atoms with van der Waals surface area (Å²) in [5.41, 5.74) is 1.19. The first-order valence-corrected chi connectivity index (χ1v) is 7.61. The number of ether oxygens (including phenoxy) is 1. The van der Waals surface area contributed by atoms with Crippen LogP contribution < -0.4 is 4.90 Å². The summed E-state index contributed by atoms with van der Waals surface area (Å²) in [7, 11) is 0. The van der Waals surface area contributed by atoms with E-state index in [9.17, 15) is 13.2 Å². The van der Waals surface area contributed by atoms with E-state index in [1.807, 2.05) is 4.57 Å². The fraction of sp³-hybridized carbons (Fsp3) is 0.643. The number of rotatable bonds is 3. The molecule has 9 heteroatoms. The fourth-order valence-electron chi connectivity index (χ4n) is 3.10. The van der Waals surface area contributed by atoms with Gasteiger partial charge in [-0.15, -0.1) is 0 Å². The predicted molar refractivity (Wildman–Crippen MR) is 76.1 cm³/mol. The zero-order chi connectivity index (χ0) is 16.0. The maximum Gasteiger partial charge on any atom is 0.395 e. The van der Waals surface area contributed by atoms with E-state index in [0.29, 0.717) is 23.5 Å². The Hall–Kier alpha value is -1.90. The summed E-state index contributed by atoms with van der Waals surface area (Å²) in [6, 6.07) is 0. The SMILES string of the molecule is FC(F)(F)C1CN(c2ncnc3c2ncn3CC2CCCO2)C1. The van der Waals surface area contributed by atoms with Gasteiger partial charge in [-0.25, -0.2) is 15.0 Å². The number of aromatic nitrogens is 4.